The molecule has 2 aliphatic heterocycles. The topological polar surface area (TPSA) is 81.2 Å². The summed E-state index contributed by atoms with van der Waals surface area (Å²) in [5.74, 6) is -0.0707. The van der Waals surface area contributed by atoms with Crippen LogP contribution in [0.2, 0.25) is 0 Å². The molecular formula is C14H27N3O4S. The Hall–Kier alpha value is -0.700. The Morgan fingerprint density at radius 1 is 1.23 bits per heavy atom. The number of hydrogen-bond donors (Lipinski definition) is 1. The molecule has 0 aliphatic carbocycles. The zero-order chi connectivity index (χ0) is 16.3. The monoisotopic (exact) mass is 333 g/mol. The number of aliphatic hydroxyl groups excluding tert-OH is 1. The maximum absolute atomic E-state index is 12.6. The second-order valence-corrected chi connectivity index (χ2v) is 8.15. The molecule has 0 unspecified atom stereocenters. The highest BCUT2D eigenvalue weighted by Gasteiger charge is 2.39. The van der Waals surface area contributed by atoms with Gasteiger partial charge in [-0.05, 0) is 19.3 Å². The van der Waals surface area contributed by atoms with Gasteiger partial charge in [0.05, 0.1) is 12.4 Å². The minimum Gasteiger partial charge on any atom is -0.392 e. The van der Waals surface area contributed by atoms with E-state index in [1.807, 2.05) is 6.92 Å². The summed E-state index contributed by atoms with van der Waals surface area (Å²) in [6, 6.07) is -0.525. The molecule has 2 heterocycles. The first-order valence-corrected chi connectivity index (χ1v) is 9.83. The molecule has 0 aromatic heterocycles. The molecule has 2 fully saturated rings. The third kappa shape index (κ3) is 4.18. The van der Waals surface area contributed by atoms with Crippen molar-refractivity contribution in [1.29, 1.82) is 0 Å². The van der Waals surface area contributed by atoms with Gasteiger partial charge in [0.1, 0.15) is 6.04 Å². The van der Waals surface area contributed by atoms with Crippen LogP contribution >= 0.6 is 0 Å². The largest absolute Gasteiger partial charge is 0.392 e. The van der Waals surface area contributed by atoms with Crippen LogP contribution in [0, 0.1) is 0 Å². The minimum absolute atomic E-state index is 0.0707. The van der Waals surface area contributed by atoms with E-state index in [-0.39, 0.29) is 12.0 Å². The first-order valence-electron chi connectivity index (χ1n) is 7.99. The van der Waals surface area contributed by atoms with Crippen molar-refractivity contribution in [2.75, 3.05) is 45.5 Å². The maximum Gasteiger partial charge on any atom is 0.241 e. The molecule has 2 atom stereocenters. The van der Waals surface area contributed by atoms with Gasteiger partial charge in [0, 0.05) is 39.3 Å². The van der Waals surface area contributed by atoms with Gasteiger partial charge in [0.15, 0.2) is 0 Å². The lowest BCUT2D eigenvalue weighted by atomic mass is 10.1. The molecule has 1 N–H and O–H groups in total. The third-order valence-electron chi connectivity index (χ3n) is 4.54. The first kappa shape index (κ1) is 17.7. The van der Waals surface area contributed by atoms with Crippen molar-refractivity contribution >= 4 is 15.9 Å². The Balaban J connectivity index is 1.90. The summed E-state index contributed by atoms with van der Waals surface area (Å²) in [4.78, 5) is 16.5. The van der Waals surface area contributed by atoms with Gasteiger partial charge in [-0.1, -0.05) is 6.92 Å². The molecule has 8 heteroatoms. The summed E-state index contributed by atoms with van der Waals surface area (Å²) in [6.45, 7) is 5.69. The number of hydrogen-bond acceptors (Lipinski definition) is 5. The SMILES string of the molecule is CC[C@@H](O)CN1CCN(C(=O)[C@@H]2CCCN2S(C)(=O)=O)CC1. The fraction of sp³-hybridized carbons (Fsp3) is 0.929. The normalized spacial score (nSPS) is 26.3. The second kappa shape index (κ2) is 7.25. The van der Waals surface area contributed by atoms with Gasteiger partial charge >= 0.3 is 0 Å². The molecule has 0 saturated carbocycles. The number of amides is 1. The highest BCUT2D eigenvalue weighted by atomic mass is 32.2. The van der Waals surface area contributed by atoms with Crippen molar-refractivity contribution in [3.8, 4) is 0 Å². The third-order valence-corrected chi connectivity index (χ3v) is 5.83. The Kier molecular flexibility index (Phi) is 5.81. The predicted octanol–water partition coefficient (Wildman–Crippen LogP) is -0.674. The van der Waals surface area contributed by atoms with Gasteiger partial charge < -0.3 is 10.0 Å². The van der Waals surface area contributed by atoms with Gasteiger partial charge in [-0.3, -0.25) is 9.69 Å². The van der Waals surface area contributed by atoms with E-state index in [4.69, 9.17) is 0 Å². The van der Waals surface area contributed by atoms with Crippen LogP contribution in [-0.2, 0) is 14.8 Å². The predicted molar refractivity (Wildman–Crippen MR) is 83.9 cm³/mol. The summed E-state index contributed by atoms with van der Waals surface area (Å²) < 4.78 is 24.8. The summed E-state index contributed by atoms with van der Waals surface area (Å²) in [7, 11) is -3.32. The number of β-amino-alcohol motifs (C(OH)–C–C–N with tert-alkyl or cyclic N) is 1. The number of rotatable bonds is 5. The standard InChI is InChI=1S/C14H27N3O4S/c1-3-12(18)11-15-7-9-16(10-8-15)14(19)13-5-4-6-17(13)22(2,20)21/h12-13,18H,3-11H2,1-2H3/t12-,13+/m1/s1. The minimum atomic E-state index is -3.32. The van der Waals surface area contributed by atoms with Crippen molar-refractivity contribution in [2.24, 2.45) is 0 Å². The van der Waals surface area contributed by atoms with E-state index >= 15 is 0 Å². The fourth-order valence-electron chi connectivity index (χ4n) is 3.17. The molecule has 22 heavy (non-hydrogen) atoms. The summed E-state index contributed by atoms with van der Waals surface area (Å²) in [5.41, 5.74) is 0. The molecule has 128 valence electrons. The summed E-state index contributed by atoms with van der Waals surface area (Å²) in [6.07, 6.45) is 2.93. The molecule has 0 aromatic rings. The molecule has 0 bridgehead atoms. The fourth-order valence-corrected chi connectivity index (χ4v) is 4.29. The average Bonchev–Trinajstić information content (AvgIpc) is 2.96. The molecule has 2 aliphatic rings. The van der Waals surface area contributed by atoms with Gasteiger partial charge in [0.2, 0.25) is 15.9 Å². The van der Waals surface area contributed by atoms with Crippen LogP contribution in [0.1, 0.15) is 26.2 Å². The molecule has 0 spiro atoms. The number of aliphatic hydroxyl groups is 1. The Labute approximate surface area is 132 Å². The van der Waals surface area contributed by atoms with Gasteiger partial charge in [-0.25, -0.2) is 8.42 Å². The molecule has 7 nitrogen and oxygen atoms in total. The summed E-state index contributed by atoms with van der Waals surface area (Å²) >= 11 is 0. The van der Waals surface area contributed by atoms with Crippen molar-refractivity contribution in [3.63, 3.8) is 0 Å². The molecule has 0 radical (unpaired) electrons. The number of nitrogens with zero attached hydrogens (tertiary/aromatic N) is 3. The lowest BCUT2D eigenvalue weighted by Gasteiger charge is -2.37. The summed E-state index contributed by atoms with van der Waals surface area (Å²) in [5, 5.41) is 9.69. The van der Waals surface area contributed by atoms with Crippen LogP contribution in [0.3, 0.4) is 0 Å². The Morgan fingerprint density at radius 3 is 2.41 bits per heavy atom. The second-order valence-electron chi connectivity index (χ2n) is 6.22. The van der Waals surface area contributed by atoms with Gasteiger partial charge in [-0.15, -0.1) is 0 Å². The zero-order valence-corrected chi connectivity index (χ0v) is 14.3. The Morgan fingerprint density at radius 2 is 1.86 bits per heavy atom. The van der Waals surface area contributed by atoms with Crippen molar-refractivity contribution in [2.45, 2.75) is 38.3 Å². The van der Waals surface area contributed by atoms with Crippen LogP contribution in [0.15, 0.2) is 0 Å². The van der Waals surface area contributed by atoms with Crippen molar-refractivity contribution in [3.05, 3.63) is 0 Å². The molecule has 0 aromatic carbocycles. The molecule has 1 amide bonds. The molecular weight excluding hydrogens is 306 g/mol. The average molecular weight is 333 g/mol. The lowest BCUT2D eigenvalue weighted by Crippen LogP contribution is -2.55. The molecule has 2 saturated heterocycles. The van der Waals surface area contributed by atoms with Crippen LogP contribution in [-0.4, -0.2) is 91.2 Å². The first-order chi connectivity index (χ1) is 10.3. The molecule has 2 rings (SSSR count). The van der Waals surface area contributed by atoms with Crippen LogP contribution in [0.25, 0.3) is 0 Å². The van der Waals surface area contributed by atoms with E-state index in [1.54, 1.807) is 4.90 Å². The zero-order valence-electron chi connectivity index (χ0n) is 13.4. The smallest absolute Gasteiger partial charge is 0.241 e. The Bertz CT molecular complexity index is 488. The van der Waals surface area contributed by atoms with Gasteiger partial charge in [-0.2, -0.15) is 4.31 Å². The van der Waals surface area contributed by atoms with Crippen LogP contribution in [0.4, 0.5) is 0 Å². The highest BCUT2D eigenvalue weighted by Crippen LogP contribution is 2.22. The van der Waals surface area contributed by atoms with Crippen LogP contribution in [0.5, 0.6) is 0 Å². The number of sulfonamides is 1. The quantitative estimate of drug-likeness (QED) is 0.721. The lowest BCUT2D eigenvalue weighted by molar-refractivity contribution is -0.136. The van der Waals surface area contributed by atoms with E-state index in [9.17, 15) is 18.3 Å². The van der Waals surface area contributed by atoms with E-state index < -0.39 is 16.1 Å². The number of carbonyl (C=O) groups is 1. The number of piperazine rings is 1. The van der Waals surface area contributed by atoms with Crippen molar-refractivity contribution < 1.29 is 18.3 Å². The van der Waals surface area contributed by atoms with E-state index in [1.165, 1.54) is 10.6 Å². The van der Waals surface area contributed by atoms with Crippen molar-refractivity contribution in [1.82, 2.24) is 14.1 Å². The maximum atomic E-state index is 12.6. The van der Waals surface area contributed by atoms with Crippen LogP contribution < -0.4 is 0 Å². The highest BCUT2D eigenvalue weighted by molar-refractivity contribution is 7.88. The van der Waals surface area contributed by atoms with E-state index in [0.29, 0.717) is 32.6 Å². The van der Waals surface area contributed by atoms with Gasteiger partial charge in [0.25, 0.3) is 0 Å². The van der Waals surface area contributed by atoms with E-state index in [0.717, 1.165) is 25.9 Å². The van der Waals surface area contributed by atoms with E-state index in [2.05, 4.69) is 4.90 Å². The number of carbonyl (C=O) groups excluding carboxylic acids is 1.